The smallest absolute Gasteiger partial charge is 0.253 e. The second kappa shape index (κ2) is 9.66. The molecular weight excluding hydrogens is 525 g/mol. The number of aromatic nitrogens is 3. The summed E-state index contributed by atoms with van der Waals surface area (Å²) in [5, 5.41) is 8.37. The number of carbonyl (C=O) groups is 2. The van der Waals surface area contributed by atoms with Gasteiger partial charge in [0.1, 0.15) is 5.82 Å². The number of rotatable bonds is 5. The predicted molar refractivity (Wildman–Crippen MR) is 145 cm³/mol. The molecule has 10 heteroatoms. The lowest BCUT2D eigenvalue weighted by atomic mass is 9.98. The lowest BCUT2D eigenvalue weighted by Crippen LogP contribution is -2.41. The quantitative estimate of drug-likeness (QED) is 0.303. The maximum absolute atomic E-state index is 13.7. The number of anilines is 1. The molecule has 1 aliphatic rings. The number of pyridine rings is 1. The Morgan fingerprint density at radius 3 is 2.55 bits per heavy atom. The molecule has 2 aromatic carbocycles. The number of halogens is 2. The van der Waals surface area contributed by atoms with Gasteiger partial charge in [0.05, 0.1) is 45.3 Å². The van der Waals surface area contributed by atoms with E-state index >= 15 is 0 Å². The number of thiophene rings is 1. The first-order valence-corrected chi connectivity index (χ1v) is 13.1. The summed E-state index contributed by atoms with van der Waals surface area (Å²) in [4.78, 5) is 33.4. The highest BCUT2D eigenvalue weighted by Crippen LogP contribution is 2.44. The van der Waals surface area contributed by atoms with Crippen LogP contribution < -0.4 is 10.2 Å². The molecule has 38 heavy (non-hydrogen) atoms. The van der Waals surface area contributed by atoms with Crippen LogP contribution in [0.1, 0.15) is 28.2 Å². The normalized spacial score (nSPS) is 19.3. The minimum absolute atomic E-state index is 0.110. The summed E-state index contributed by atoms with van der Waals surface area (Å²) >= 11 is 7.67. The third kappa shape index (κ3) is 4.23. The van der Waals surface area contributed by atoms with Crippen LogP contribution in [-0.2, 0) is 4.79 Å². The van der Waals surface area contributed by atoms with Crippen LogP contribution in [0.15, 0.2) is 85.3 Å². The van der Waals surface area contributed by atoms with Crippen molar-refractivity contribution in [1.82, 2.24) is 20.1 Å². The van der Waals surface area contributed by atoms with E-state index in [9.17, 15) is 14.0 Å². The molecule has 1 aliphatic heterocycles. The van der Waals surface area contributed by atoms with Gasteiger partial charge < -0.3 is 10.2 Å². The van der Waals surface area contributed by atoms with E-state index in [0.717, 1.165) is 21.5 Å². The molecule has 3 aromatic heterocycles. The number of hydrogen-bond acceptors (Lipinski definition) is 5. The molecule has 0 radical (unpaired) electrons. The number of hydrogen-bond donors (Lipinski definition) is 1. The van der Waals surface area contributed by atoms with Crippen molar-refractivity contribution in [3.63, 3.8) is 0 Å². The summed E-state index contributed by atoms with van der Waals surface area (Å²) in [6.45, 7) is 1.82. The van der Waals surface area contributed by atoms with Crippen LogP contribution >= 0.6 is 22.9 Å². The van der Waals surface area contributed by atoms with E-state index in [1.165, 1.54) is 29.7 Å². The molecule has 190 valence electrons. The number of nitrogens with zero attached hydrogens (tertiary/aromatic N) is 4. The Kier molecular flexibility index (Phi) is 6.17. The molecular formula is C28H21ClFN5O2S. The van der Waals surface area contributed by atoms with E-state index in [1.54, 1.807) is 52.3 Å². The van der Waals surface area contributed by atoms with Gasteiger partial charge in [0, 0.05) is 28.3 Å². The van der Waals surface area contributed by atoms with Crippen LogP contribution in [0.2, 0.25) is 4.34 Å². The van der Waals surface area contributed by atoms with Crippen LogP contribution in [0, 0.1) is 11.7 Å². The molecule has 1 fully saturated rings. The van der Waals surface area contributed by atoms with Crippen LogP contribution in [0.25, 0.3) is 16.6 Å². The molecule has 1 saturated heterocycles. The minimum atomic E-state index is -0.498. The SMILES string of the molecule is CC1C(=O)N(c2ccc3c(cnn3-c3ccc(F)cc3)c2)C(c2ccc(Cl)s2)C1NC(=O)c1cccnc1. The topological polar surface area (TPSA) is 80.1 Å². The zero-order chi connectivity index (χ0) is 26.4. The molecule has 0 aliphatic carbocycles. The molecule has 5 aromatic rings. The minimum Gasteiger partial charge on any atom is -0.346 e. The molecule has 0 saturated carbocycles. The summed E-state index contributed by atoms with van der Waals surface area (Å²) in [6.07, 6.45) is 4.81. The maximum Gasteiger partial charge on any atom is 0.253 e. The molecule has 0 spiro atoms. The van der Waals surface area contributed by atoms with Crippen molar-refractivity contribution >= 4 is 51.3 Å². The van der Waals surface area contributed by atoms with E-state index in [1.807, 2.05) is 31.2 Å². The first kappa shape index (κ1) is 24.3. The van der Waals surface area contributed by atoms with Crippen LogP contribution in [0.3, 0.4) is 0 Å². The molecule has 2 amide bonds. The number of fused-ring (bicyclic) bond motifs is 1. The Morgan fingerprint density at radius 2 is 1.84 bits per heavy atom. The zero-order valence-electron chi connectivity index (χ0n) is 20.1. The van der Waals surface area contributed by atoms with Crippen LogP contribution in [0.4, 0.5) is 10.1 Å². The lowest BCUT2D eigenvalue weighted by Gasteiger charge is -2.28. The lowest BCUT2D eigenvalue weighted by molar-refractivity contribution is -0.120. The number of nitrogens with one attached hydrogen (secondary N) is 1. The summed E-state index contributed by atoms with van der Waals surface area (Å²) in [5.74, 6) is -1.22. The zero-order valence-corrected chi connectivity index (χ0v) is 21.7. The van der Waals surface area contributed by atoms with Gasteiger partial charge in [0.15, 0.2) is 0 Å². The van der Waals surface area contributed by atoms with Gasteiger partial charge in [-0.25, -0.2) is 9.07 Å². The van der Waals surface area contributed by atoms with Gasteiger partial charge in [-0.05, 0) is 66.7 Å². The average molecular weight is 546 g/mol. The van der Waals surface area contributed by atoms with E-state index < -0.39 is 18.0 Å². The van der Waals surface area contributed by atoms with Crippen molar-refractivity contribution in [2.45, 2.75) is 19.0 Å². The summed E-state index contributed by atoms with van der Waals surface area (Å²) in [6, 6.07) is 17.9. The highest BCUT2D eigenvalue weighted by molar-refractivity contribution is 7.16. The van der Waals surface area contributed by atoms with Gasteiger partial charge in [-0.15, -0.1) is 11.3 Å². The van der Waals surface area contributed by atoms with Crippen LogP contribution in [0.5, 0.6) is 0 Å². The second-order valence-corrected chi connectivity index (χ2v) is 10.8. The fourth-order valence-corrected chi connectivity index (χ4v) is 6.12. The highest BCUT2D eigenvalue weighted by Gasteiger charge is 2.48. The van der Waals surface area contributed by atoms with Gasteiger partial charge in [0.25, 0.3) is 5.91 Å². The van der Waals surface area contributed by atoms with Crippen molar-refractivity contribution in [3.05, 3.63) is 106 Å². The van der Waals surface area contributed by atoms with Crippen molar-refractivity contribution in [1.29, 1.82) is 0 Å². The van der Waals surface area contributed by atoms with E-state index in [2.05, 4.69) is 15.4 Å². The van der Waals surface area contributed by atoms with Crippen molar-refractivity contribution in [2.24, 2.45) is 5.92 Å². The van der Waals surface area contributed by atoms with E-state index in [4.69, 9.17) is 11.6 Å². The molecule has 6 rings (SSSR count). The average Bonchev–Trinajstić information content (AvgIpc) is 3.62. The molecule has 1 N–H and O–H groups in total. The Bertz CT molecular complexity index is 1650. The second-order valence-electron chi connectivity index (χ2n) is 9.10. The maximum atomic E-state index is 13.7. The number of amides is 2. The Labute approximate surface area is 226 Å². The fourth-order valence-electron chi connectivity index (χ4n) is 4.92. The van der Waals surface area contributed by atoms with Gasteiger partial charge in [-0.1, -0.05) is 18.5 Å². The Balaban J connectivity index is 1.39. The van der Waals surface area contributed by atoms with Crippen molar-refractivity contribution in [2.75, 3.05) is 4.90 Å². The first-order chi connectivity index (χ1) is 18.4. The fraction of sp³-hybridized carbons (Fsp3) is 0.143. The van der Waals surface area contributed by atoms with Crippen molar-refractivity contribution < 1.29 is 14.0 Å². The number of benzene rings is 2. The number of carbonyl (C=O) groups excluding carboxylic acids is 2. The van der Waals surface area contributed by atoms with Crippen molar-refractivity contribution in [3.8, 4) is 5.69 Å². The third-order valence-corrected chi connectivity index (χ3v) is 8.09. The summed E-state index contributed by atoms with van der Waals surface area (Å²) < 4.78 is 15.7. The van der Waals surface area contributed by atoms with Gasteiger partial charge >= 0.3 is 0 Å². The molecule has 7 nitrogen and oxygen atoms in total. The highest BCUT2D eigenvalue weighted by atomic mass is 35.5. The van der Waals surface area contributed by atoms with Gasteiger partial charge in [-0.3, -0.25) is 14.6 Å². The molecule has 0 bridgehead atoms. The Morgan fingerprint density at radius 1 is 1.05 bits per heavy atom. The third-order valence-electron chi connectivity index (χ3n) is 6.79. The largest absolute Gasteiger partial charge is 0.346 e. The van der Waals surface area contributed by atoms with E-state index in [0.29, 0.717) is 15.6 Å². The summed E-state index contributed by atoms with van der Waals surface area (Å²) in [5.41, 5.74) is 2.64. The van der Waals surface area contributed by atoms with Crippen LogP contribution in [-0.4, -0.2) is 32.6 Å². The molecule has 3 atom stereocenters. The summed E-state index contributed by atoms with van der Waals surface area (Å²) in [7, 11) is 0. The monoisotopic (exact) mass is 545 g/mol. The predicted octanol–water partition coefficient (Wildman–Crippen LogP) is 5.80. The standard InChI is InChI=1S/C28H21ClFN5O2S/c1-16-25(33-27(36)17-3-2-12-31-14-17)26(23-10-11-24(29)38-23)34(28(16)37)21-8-9-22-18(13-21)15-32-35(22)20-6-4-19(30)5-7-20/h2-16,25-26H,1H3,(H,33,36). The Hall–Kier alpha value is -4.08. The van der Waals surface area contributed by atoms with Gasteiger partial charge in [-0.2, -0.15) is 5.10 Å². The molecule has 3 unspecified atom stereocenters. The van der Waals surface area contributed by atoms with E-state index in [-0.39, 0.29) is 17.6 Å². The van der Waals surface area contributed by atoms with Gasteiger partial charge in [0.2, 0.25) is 5.91 Å². The first-order valence-electron chi connectivity index (χ1n) is 11.9. The molecule has 4 heterocycles.